The molecule has 0 spiro atoms. The second-order valence-electron chi connectivity index (χ2n) is 3.70. The van der Waals surface area contributed by atoms with Crippen LogP contribution in [-0.4, -0.2) is 40.5 Å². The number of hydrogen-bond acceptors (Lipinski definition) is 4. The van der Waals surface area contributed by atoms with Crippen molar-refractivity contribution in [2.45, 2.75) is 38.8 Å². The van der Waals surface area contributed by atoms with Crippen LogP contribution in [0.3, 0.4) is 0 Å². The molecule has 0 saturated carbocycles. The summed E-state index contributed by atoms with van der Waals surface area (Å²) in [7, 11) is 0. The van der Waals surface area contributed by atoms with E-state index in [0.717, 1.165) is 0 Å². The SMILES string of the molecule is [2H]CC(C)(C)OC(=O)N[C@@H](CCO)C(=O)O. The van der Waals surface area contributed by atoms with Crippen molar-refractivity contribution in [3.8, 4) is 0 Å². The lowest BCUT2D eigenvalue weighted by Crippen LogP contribution is -2.43. The fraction of sp³-hybridized carbons (Fsp3) is 0.778. The van der Waals surface area contributed by atoms with Crippen molar-refractivity contribution in [1.82, 2.24) is 5.32 Å². The molecule has 6 nitrogen and oxygen atoms in total. The summed E-state index contributed by atoms with van der Waals surface area (Å²) in [5, 5.41) is 19.4. The van der Waals surface area contributed by atoms with Crippen LogP contribution < -0.4 is 5.32 Å². The molecule has 1 atom stereocenters. The molecule has 0 aromatic rings. The van der Waals surface area contributed by atoms with Crippen LogP contribution in [0.15, 0.2) is 0 Å². The van der Waals surface area contributed by atoms with Gasteiger partial charge in [-0.05, 0) is 20.7 Å². The Balaban J connectivity index is 4.25. The number of hydrogen-bond donors (Lipinski definition) is 3. The third-order valence-corrected chi connectivity index (χ3v) is 1.38. The summed E-state index contributed by atoms with van der Waals surface area (Å²) in [6, 6.07) is -1.18. The standard InChI is InChI=1S/C9H17NO5/c1-9(2,3)15-8(14)10-6(4-5-11)7(12)13/h6,11H,4-5H2,1-3H3,(H,10,14)(H,12,13)/t6-/m0/s1/i1D. The highest BCUT2D eigenvalue weighted by Gasteiger charge is 2.23. The van der Waals surface area contributed by atoms with E-state index in [9.17, 15) is 9.59 Å². The number of aliphatic hydroxyl groups excluding tert-OH is 1. The summed E-state index contributed by atoms with van der Waals surface area (Å²) in [4.78, 5) is 21.9. The van der Waals surface area contributed by atoms with Gasteiger partial charge in [0.05, 0.1) is 0 Å². The summed E-state index contributed by atoms with van der Waals surface area (Å²) >= 11 is 0. The lowest BCUT2D eigenvalue weighted by atomic mass is 10.2. The minimum atomic E-state index is -1.24. The second kappa shape index (κ2) is 5.55. The Morgan fingerprint density at radius 2 is 2.20 bits per heavy atom. The molecule has 88 valence electrons. The van der Waals surface area contributed by atoms with Crippen LogP contribution in [0.1, 0.15) is 28.5 Å². The molecule has 0 aromatic heterocycles. The summed E-state index contributed by atoms with van der Waals surface area (Å²) in [5.74, 6) is -1.24. The summed E-state index contributed by atoms with van der Waals surface area (Å²) in [5.41, 5.74) is -0.966. The van der Waals surface area contributed by atoms with Gasteiger partial charge in [0.15, 0.2) is 0 Å². The molecule has 0 aliphatic carbocycles. The van der Waals surface area contributed by atoms with Crippen molar-refractivity contribution < 1.29 is 25.9 Å². The van der Waals surface area contributed by atoms with E-state index in [1.165, 1.54) is 0 Å². The van der Waals surface area contributed by atoms with Gasteiger partial charge in [-0.3, -0.25) is 0 Å². The van der Waals surface area contributed by atoms with E-state index in [1.54, 1.807) is 13.8 Å². The number of carboxylic acid groups (broad SMARTS) is 1. The van der Waals surface area contributed by atoms with Gasteiger partial charge in [0.2, 0.25) is 0 Å². The molecular weight excluding hydrogens is 202 g/mol. The lowest BCUT2D eigenvalue weighted by molar-refractivity contribution is -0.139. The van der Waals surface area contributed by atoms with E-state index in [2.05, 4.69) is 5.32 Å². The molecule has 0 heterocycles. The molecule has 0 saturated heterocycles. The van der Waals surface area contributed by atoms with Crippen LogP contribution >= 0.6 is 0 Å². The summed E-state index contributed by atoms with van der Waals surface area (Å²) in [6.07, 6.45) is -0.996. The van der Waals surface area contributed by atoms with Gasteiger partial charge in [-0.1, -0.05) is 0 Å². The number of alkyl carbamates (subject to hydrolysis) is 1. The van der Waals surface area contributed by atoms with Crippen molar-refractivity contribution in [2.75, 3.05) is 6.61 Å². The van der Waals surface area contributed by atoms with E-state index in [0.29, 0.717) is 0 Å². The second-order valence-corrected chi connectivity index (χ2v) is 3.70. The normalized spacial score (nSPS) is 13.9. The van der Waals surface area contributed by atoms with Gasteiger partial charge in [-0.2, -0.15) is 0 Å². The smallest absolute Gasteiger partial charge is 0.408 e. The molecule has 0 unspecified atom stereocenters. The first-order chi connectivity index (χ1) is 7.32. The van der Waals surface area contributed by atoms with Gasteiger partial charge in [0.25, 0.3) is 0 Å². The molecule has 3 N–H and O–H groups in total. The van der Waals surface area contributed by atoms with Gasteiger partial charge in [0, 0.05) is 14.4 Å². The number of carbonyl (C=O) groups excluding carboxylic acids is 1. The number of ether oxygens (including phenoxy) is 1. The van der Waals surface area contributed by atoms with Crippen molar-refractivity contribution in [3.63, 3.8) is 0 Å². The monoisotopic (exact) mass is 220 g/mol. The van der Waals surface area contributed by atoms with E-state index >= 15 is 0 Å². The zero-order valence-electron chi connectivity index (χ0n) is 9.82. The fourth-order valence-corrected chi connectivity index (χ4v) is 0.809. The molecule has 0 aliphatic heterocycles. The largest absolute Gasteiger partial charge is 0.480 e. The molecule has 15 heavy (non-hydrogen) atoms. The van der Waals surface area contributed by atoms with Gasteiger partial charge in [-0.15, -0.1) is 0 Å². The Bertz CT molecular complexity index is 256. The summed E-state index contributed by atoms with van der Waals surface area (Å²) in [6.45, 7) is 2.61. The quantitative estimate of drug-likeness (QED) is 0.635. The molecule has 6 heteroatoms. The number of aliphatic carboxylic acids is 1. The highest BCUT2D eigenvalue weighted by Crippen LogP contribution is 2.07. The zero-order valence-corrected chi connectivity index (χ0v) is 8.82. The third-order valence-electron chi connectivity index (χ3n) is 1.38. The molecule has 0 fully saturated rings. The molecule has 0 bridgehead atoms. The Labute approximate surface area is 89.6 Å². The van der Waals surface area contributed by atoms with Crippen LogP contribution in [0, 0.1) is 0 Å². The van der Waals surface area contributed by atoms with Gasteiger partial charge >= 0.3 is 12.1 Å². The van der Waals surface area contributed by atoms with Crippen molar-refractivity contribution in [3.05, 3.63) is 0 Å². The number of carboxylic acids is 1. The minimum Gasteiger partial charge on any atom is -0.480 e. The third kappa shape index (κ3) is 6.73. The maximum absolute atomic E-state index is 11.2. The van der Waals surface area contributed by atoms with Crippen molar-refractivity contribution in [2.24, 2.45) is 0 Å². The minimum absolute atomic E-state index is 0.0915. The molecule has 0 aromatic carbocycles. The zero-order chi connectivity index (χ0) is 12.8. The first-order valence-corrected chi connectivity index (χ1v) is 4.45. The highest BCUT2D eigenvalue weighted by atomic mass is 16.6. The Kier molecular flexibility index (Phi) is 4.36. The summed E-state index contributed by atoms with van der Waals surface area (Å²) < 4.78 is 11.9. The maximum atomic E-state index is 11.2. The Hall–Kier alpha value is -1.30. The van der Waals surface area contributed by atoms with Crippen molar-refractivity contribution in [1.29, 1.82) is 0 Å². The first kappa shape index (κ1) is 11.8. The average molecular weight is 220 g/mol. The number of rotatable bonds is 4. The van der Waals surface area contributed by atoms with E-state index in [1.807, 2.05) is 0 Å². The van der Waals surface area contributed by atoms with Crippen LogP contribution in [0.2, 0.25) is 0 Å². The molecule has 0 radical (unpaired) electrons. The predicted molar refractivity (Wildman–Crippen MR) is 52.5 cm³/mol. The Morgan fingerprint density at radius 1 is 1.60 bits per heavy atom. The van der Waals surface area contributed by atoms with Crippen molar-refractivity contribution >= 4 is 12.1 Å². The number of nitrogens with one attached hydrogen (secondary N) is 1. The average Bonchev–Trinajstić information content (AvgIpc) is 2.16. The highest BCUT2D eigenvalue weighted by molar-refractivity contribution is 5.79. The molecular formula is C9H17NO5. The van der Waals surface area contributed by atoms with E-state index in [4.69, 9.17) is 16.3 Å². The Morgan fingerprint density at radius 3 is 2.60 bits per heavy atom. The molecule has 1 amide bonds. The van der Waals surface area contributed by atoms with Crippen LogP contribution in [0.5, 0.6) is 0 Å². The number of aliphatic hydroxyl groups is 1. The first-order valence-electron chi connectivity index (χ1n) is 5.15. The van der Waals surface area contributed by atoms with Crippen LogP contribution in [0.25, 0.3) is 0 Å². The number of carbonyl (C=O) groups is 2. The lowest BCUT2D eigenvalue weighted by Gasteiger charge is -2.21. The van der Waals surface area contributed by atoms with Gasteiger partial charge in [-0.25, -0.2) is 9.59 Å². The molecule has 0 rings (SSSR count). The topological polar surface area (TPSA) is 95.9 Å². The van der Waals surface area contributed by atoms with E-state index < -0.39 is 23.7 Å². The fourth-order valence-electron chi connectivity index (χ4n) is 0.809. The van der Waals surface area contributed by atoms with Gasteiger partial charge in [0.1, 0.15) is 11.6 Å². The van der Waals surface area contributed by atoms with Crippen LogP contribution in [0.4, 0.5) is 4.79 Å². The van der Waals surface area contributed by atoms with Gasteiger partial charge < -0.3 is 20.3 Å². The number of amides is 1. The van der Waals surface area contributed by atoms with Crippen LogP contribution in [-0.2, 0) is 9.53 Å². The van der Waals surface area contributed by atoms with E-state index in [-0.39, 0.29) is 19.9 Å². The predicted octanol–water partition coefficient (Wildman–Crippen LogP) is 0.347. The molecule has 0 aliphatic rings. The maximum Gasteiger partial charge on any atom is 0.408 e.